The van der Waals surface area contributed by atoms with Gasteiger partial charge in [0.2, 0.25) is 0 Å². The minimum Gasteiger partial charge on any atom is -0.393 e. The third-order valence-electron chi connectivity index (χ3n) is 2.74. The summed E-state index contributed by atoms with van der Waals surface area (Å²) < 4.78 is 0. The Hall–Kier alpha value is -1.34. The molecule has 7 heteroatoms. The number of H-pyrrole nitrogens is 1. The smallest absolute Gasteiger partial charge is 0.346 e. The van der Waals surface area contributed by atoms with Gasteiger partial charge in [0.05, 0.1) is 11.7 Å². The summed E-state index contributed by atoms with van der Waals surface area (Å²) in [5, 5.41) is 12.6. The fourth-order valence-corrected chi connectivity index (χ4v) is 2.24. The van der Waals surface area contributed by atoms with Gasteiger partial charge in [0.15, 0.2) is 0 Å². The van der Waals surface area contributed by atoms with Crippen molar-refractivity contribution in [3.63, 3.8) is 0 Å². The van der Waals surface area contributed by atoms with Gasteiger partial charge in [-0.15, -0.1) is 11.8 Å². The van der Waals surface area contributed by atoms with Crippen LogP contribution in [0.4, 0.5) is 0 Å². The van der Waals surface area contributed by atoms with Crippen molar-refractivity contribution in [2.75, 3.05) is 12.8 Å². The number of carbonyl (C=O) groups is 1. The van der Waals surface area contributed by atoms with E-state index in [-0.39, 0.29) is 5.91 Å². The molecular weight excluding hydrogens is 266 g/mol. The molecule has 1 aromatic heterocycles. The second kappa shape index (κ2) is 7.30. The molecule has 3 N–H and O–H groups in total. The molecule has 0 spiro atoms. The first-order valence-electron chi connectivity index (χ1n) is 6.10. The normalized spacial score (nSPS) is 12.2. The van der Waals surface area contributed by atoms with E-state index < -0.39 is 11.8 Å². The van der Waals surface area contributed by atoms with E-state index in [9.17, 15) is 14.7 Å². The van der Waals surface area contributed by atoms with Crippen LogP contribution in [-0.2, 0) is 0 Å². The molecule has 19 heavy (non-hydrogen) atoms. The van der Waals surface area contributed by atoms with Crippen molar-refractivity contribution in [2.24, 2.45) is 0 Å². The van der Waals surface area contributed by atoms with Crippen LogP contribution in [0.1, 0.15) is 35.8 Å². The number of nitrogens with zero attached hydrogens (tertiary/aromatic N) is 1. The molecule has 0 saturated heterocycles. The van der Waals surface area contributed by atoms with Crippen molar-refractivity contribution < 1.29 is 9.90 Å². The lowest BCUT2D eigenvalue weighted by atomic mass is 10.2. The number of hydrogen-bond donors (Lipinski definition) is 3. The highest BCUT2D eigenvalue weighted by Gasteiger charge is 2.16. The average Bonchev–Trinajstić information content (AvgIpc) is 2.37. The maximum atomic E-state index is 12.1. The number of thioether (sulfide) groups is 1. The highest BCUT2D eigenvalue weighted by Crippen LogP contribution is 2.17. The number of nitrogens with one attached hydrogen (secondary N) is 2. The molecule has 1 unspecified atom stereocenters. The van der Waals surface area contributed by atoms with Crippen LogP contribution in [-0.4, -0.2) is 39.9 Å². The summed E-state index contributed by atoms with van der Waals surface area (Å²) >= 11 is 1.26. The summed E-state index contributed by atoms with van der Waals surface area (Å²) in [5.41, 5.74) is 0.427. The van der Waals surface area contributed by atoms with Crippen LogP contribution in [0, 0.1) is 6.92 Å². The first-order chi connectivity index (χ1) is 8.99. The lowest BCUT2D eigenvalue weighted by Gasteiger charge is -2.11. The zero-order valence-corrected chi connectivity index (χ0v) is 12.1. The van der Waals surface area contributed by atoms with E-state index in [1.54, 1.807) is 13.2 Å². The molecule has 1 aromatic rings. The lowest BCUT2D eigenvalue weighted by Crippen LogP contribution is -2.30. The number of aromatic amines is 1. The summed E-state index contributed by atoms with van der Waals surface area (Å²) in [6, 6.07) is 0. The number of aliphatic hydroxyl groups is 1. The van der Waals surface area contributed by atoms with E-state index in [1.165, 1.54) is 11.8 Å². The van der Waals surface area contributed by atoms with E-state index in [0.717, 1.165) is 0 Å². The monoisotopic (exact) mass is 285 g/mol. The molecule has 0 fully saturated rings. The lowest BCUT2D eigenvalue weighted by molar-refractivity contribution is 0.0937. The Balaban J connectivity index is 2.79. The predicted molar refractivity (Wildman–Crippen MR) is 74.6 cm³/mol. The average molecular weight is 285 g/mol. The summed E-state index contributed by atoms with van der Waals surface area (Å²) in [7, 11) is 0. The van der Waals surface area contributed by atoms with Crippen molar-refractivity contribution >= 4 is 17.7 Å². The number of aryl methyl sites for hydroxylation is 1. The van der Waals surface area contributed by atoms with E-state index in [2.05, 4.69) is 15.3 Å². The van der Waals surface area contributed by atoms with Gasteiger partial charge in [-0.1, -0.05) is 6.92 Å². The van der Waals surface area contributed by atoms with Gasteiger partial charge in [0, 0.05) is 12.2 Å². The molecule has 0 saturated carbocycles. The third kappa shape index (κ3) is 4.36. The van der Waals surface area contributed by atoms with Gasteiger partial charge in [0.25, 0.3) is 5.91 Å². The third-order valence-corrected chi connectivity index (χ3v) is 3.42. The molecule has 0 radical (unpaired) electrons. The van der Waals surface area contributed by atoms with Crippen LogP contribution >= 0.6 is 11.8 Å². The molecule has 0 aliphatic rings. The number of carbonyl (C=O) groups excluding carboxylic acids is 1. The maximum Gasteiger partial charge on any atom is 0.346 e. The number of hydrogen-bond acceptors (Lipinski definition) is 5. The van der Waals surface area contributed by atoms with E-state index in [0.29, 0.717) is 35.7 Å². The molecule has 1 rings (SSSR count). The summed E-state index contributed by atoms with van der Waals surface area (Å²) in [6.45, 7) is 3.94. The van der Waals surface area contributed by atoms with Gasteiger partial charge >= 0.3 is 5.69 Å². The van der Waals surface area contributed by atoms with Crippen molar-refractivity contribution in [3.8, 4) is 0 Å². The van der Waals surface area contributed by atoms with Crippen LogP contribution in [0.15, 0.2) is 9.82 Å². The van der Waals surface area contributed by atoms with Gasteiger partial charge in [-0.3, -0.25) is 4.79 Å². The summed E-state index contributed by atoms with van der Waals surface area (Å²) in [5.74, 6) is -0.283. The van der Waals surface area contributed by atoms with Crippen LogP contribution in [0.25, 0.3) is 0 Å². The molecule has 0 bridgehead atoms. The van der Waals surface area contributed by atoms with Crippen molar-refractivity contribution in [2.45, 2.75) is 37.8 Å². The number of aromatic nitrogens is 2. The van der Waals surface area contributed by atoms with Gasteiger partial charge in [-0.25, -0.2) is 4.79 Å². The van der Waals surface area contributed by atoms with E-state index in [1.807, 2.05) is 6.92 Å². The van der Waals surface area contributed by atoms with Gasteiger partial charge < -0.3 is 15.4 Å². The van der Waals surface area contributed by atoms with E-state index in [4.69, 9.17) is 0 Å². The van der Waals surface area contributed by atoms with Crippen LogP contribution in [0.2, 0.25) is 0 Å². The molecular formula is C12H19N3O3S. The predicted octanol–water partition coefficient (Wildman–Crippen LogP) is 0.691. The van der Waals surface area contributed by atoms with Crippen LogP contribution < -0.4 is 11.0 Å². The SMILES string of the molecule is CCC(O)CCNC(=O)c1c(SC)nc(=O)[nH]c1C. The van der Waals surface area contributed by atoms with Gasteiger partial charge in [0.1, 0.15) is 5.03 Å². The molecule has 1 amide bonds. The minimum absolute atomic E-state index is 0.283. The molecule has 6 nitrogen and oxygen atoms in total. The second-order valence-electron chi connectivity index (χ2n) is 4.16. The van der Waals surface area contributed by atoms with Crippen LogP contribution in [0.3, 0.4) is 0 Å². The minimum atomic E-state index is -0.459. The Morgan fingerprint density at radius 3 is 2.84 bits per heavy atom. The summed E-state index contributed by atoms with van der Waals surface area (Å²) in [4.78, 5) is 29.6. The number of amides is 1. The number of rotatable bonds is 6. The Kier molecular flexibility index (Phi) is 6.04. The van der Waals surface area contributed by atoms with Crippen molar-refractivity contribution in [3.05, 3.63) is 21.7 Å². The van der Waals surface area contributed by atoms with E-state index >= 15 is 0 Å². The van der Waals surface area contributed by atoms with Crippen LogP contribution in [0.5, 0.6) is 0 Å². The topological polar surface area (TPSA) is 95.1 Å². The second-order valence-corrected chi connectivity index (χ2v) is 4.95. The zero-order valence-electron chi connectivity index (χ0n) is 11.3. The Morgan fingerprint density at radius 2 is 2.26 bits per heavy atom. The van der Waals surface area contributed by atoms with Gasteiger partial charge in [-0.2, -0.15) is 4.98 Å². The largest absolute Gasteiger partial charge is 0.393 e. The fourth-order valence-electron chi connectivity index (χ4n) is 1.62. The highest BCUT2D eigenvalue weighted by atomic mass is 32.2. The van der Waals surface area contributed by atoms with Crippen molar-refractivity contribution in [1.82, 2.24) is 15.3 Å². The Morgan fingerprint density at radius 1 is 1.58 bits per heavy atom. The molecule has 1 atom stereocenters. The molecule has 0 aromatic carbocycles. The first-order valence-corrected chi connectivity index (χ1v) is 7.33. The quantitative estimate of drug-likeness (QED) is 0.528. The summed E-state index contributed by atoms with van der Waals surface area (Å²) in [6.07, 6.45) is 2.52. The molecule has 106 valence electrons. The van der Waals surface area contributed by atoms with Crippen molar-refractivity contribution in [1.29, 1.82) is 0 Å². The maximum absolute atomic E-state index is 12.1. The highest BCUT2D eigenvalue weighted by molar-refractivity contribution is 7.98. The fraction of sp³-hybridized carbons (Fsp3) is 0.583. The van der Waals surface area contributed by atoms with Gasteiger partial charge in [-0.05, 0) is 26.0 Å². The molecule has 1 heterocycles. The number of aliphatic hydroxyl groups excluding tert-OH is 1. The first kappa shape index (κ1) is 15.7. The standard InChI is InChI=1S/C12H19N3O3S/c1-4-8(16)5-6-13-10(17)9-7(2)14-12(18)15-11(9)19-3/h8,16H,4-6H2,1-3H3,(H,13,17)(H,14,15,18). The zero-order chi connectivity index (χ0) is 14.4. The molecule has 0 aliphatic heterocycles. The molecule has 0 aliphatic carbocycles. The Labute approximate surface area is 116 Å². The Bertz CT molecular complexity index is 501.